The number of fused-ring (bicyclic) bond motifs is 1. The lowest BCUT2D eigenvalue weighted by Crippen LogP contribution is -2.24. The third-order valence-corrected chi connectivity index (χ3v) is 4.11. The van der Waals surface area contributed by atoms with E-state index in [1.807, 2.05) is 6.92 Å². The third kappa shape index (κ3) is 2.13. The molecule has 90 valence electrons. The van der Waals surface area contributed by atoms with Gasteiger partial charge in [-0.05, 0) is 31.7 Å². The minimum Gasteiger partial charge on any atom is -0.466 e. The van der Waals surface area contributed by atoms with E-state index >= 15 is 0 Å². The Kier molecular flexibility index (Phi) is 3.34. The predicted molar refractivity (Wildman–Crippen MR) is 65.6 cm³/mol. The maximum absolute atomic E-state index is 11.7. The molecule has 17 heavy (non-hydrogen) atoms. The van der Waals surface area contributed by atoms with Gasteiger partial charge in [0.25, 0.3) is 0 Å². The van der Waals surface area contributed by atoms with Crippen LogP contribution >= 0.6 is 11.3 Å². The second-order valence-corrected chi connectivity index (χ2v) is 5.18. The van der Waals surface area contributed by atoms with Gasteiger partial charge in [-0.25, -0.2) is 0 Å². The topological polar surface area (TPSA) is 76.1 Å². The van der Waals surface area contributed by atoms with E-state index in [9.17, 15) is 4.79 Å². The molecule has 2 N–H and O–H groups in total. The molecular formula is C12H14N2O2S. The predicted octanol–water partition coefficient (Wildman–Crippen LogP) is 1.87. The van der Waals surface area contributed by atoms with Crippen molar-refractivity contribution < 1.29 is 9.53 Å². The molecule has 1 aliphatic carbocycles. The lowest BCUT2D eigenvalue weighted by Gasteiger charge is -2.20. The van der Waals surface area contributed by atoms with Crippen LogP contribution in [0.15, 0.2) is 0 Å². The van der Waals surface area contributed by atoms with Crippen molar-refractivity contribution in [2.45, 2.75) is 26.2 Å². The fourth-order valence-electron chi connectivity index (χ4n) is 2.19. The summed E-state index contributed by atoms with van der Waals surface area (Å²) in [5.41, 5.74) is 7.43. The molecule has 0 amide bonds. The second kappa shape index (κ2) is 4.76. The van der Waals surface area contributed by atoms with Crippen molar-refractivity contribution in [3.05, 3.63) is 16.0 Å². The van der Waals surface area contributed by atoms with E-state index in [-0.39, 0.29) is 11.9 Å². The molecule has 0 radical (unpaired) electrons. The average molecular weight is 250 g/mol. The first kappa shape index (κ1) is 11.9. The highest BCUT2D eigenvalue weighted by Gasteiger charge is 2.29. The van der Waals surface area contributed by atoms with Crippen LogP contribution in [-0.2, 0) is 22.4 Å². The van der Waals surface area contributed by atoms with Gasteiger partial charge in [-0.3, -0.25) is 4.79 Å². The Balaban J connectivity index is 2.21. The Bertz CT molecular complexity index is 487. The normalized spacial score (nSPS) is 18.2. The van der Waals surface area contributed by atoms with Gasteiger partial charge in [0.2, 0.25) is 0 Å². The van der Waals surface area contributed by atoms with Crippen molar-refractivity contribution in [3.8, 4) is 6.07 Å². The Morgan fingerprint density at radius 2 is 2.47 bits per heavy atom. The molecule has 0 aliphatic heterocycles. The van der Waals surface area contributed by atoms with E-state index in [2.05, 4.69) is 6.07 Å². The number of hydrogen-bond donors (Lipinski definition) is 1. The molecule has 1 aliphatic rings. The SMILES string of the molecule is CCOC(=O)C1CCc2c(sc(N)c2C#N)C1. The fraction of sp³-hybridized carbons (Fsp3) is 0.500. The van der Waals surface area contributed by atoms with E-state index in [1.54, 1.807) is 0 Å². The van der Waals surface area contributed by atoms with Crippen molar-refractivity contribution in [2.24, 2.45) is 5.92 Å². The number of hydrogen-bond acceptors (Lipinski definition) is 5. The monoisotopic (exact) mass is 250 g/mol. The summed E-state index contributed by atoms with van der Waals surface area (Å²) in [5.74, 6) is -0.212. The van der Waals surface area contributed by atoms with Gasteiger partial charge in [0.1, 0.15) is 11.1 Å². The number of carbonyl (C=O) groups excluding carboxylic acids is 1. The van der Waals surface area contributed by atoms with Crippen LogP contribution in [0.1, 0.15) is 29.3 Å². The summed E-state index contributed by atoms with van der Waals surface area (Å²) in [7, 11) is 0. The molecule has 1 aromatic heterocycles. The zero-order chi connectivity index (χ0) is 12.4. The summed E-state index contributed by atoms with van der Waals surface area (Å²) in [6, 6.07) is 2.14. The molecule has 0 saturated carbocycles. The molecule has 0 saturated heterocycles. The number of anilines is 1. The highest BCUT2D eigenvalue weighted by molar-refractivity contribution is 7.16. The molecule has 4 nitrogen and oxygen atoms in total. The maximum atomic E-state index is 11.7. The largest absolute Gasteiger partial charge is 0.466 e. The lowest BCUT2D eigenvalue weighted by atomic mass is 9.87. The van der Waals surface area contributed by atoms with Crippen molar-refractivity contribution in [3.63, 3.8) is 0 Å². The Labute approximate surface area is 104 Å². The van der Waals surface area contributed by atoms with E-state index in [0.29, 0.717) is 23.6 Å². The third-order valence-electron chi connectivity index (χ3n) is 3.02. The molecule has 1 atom stereocenters. The summed E-state index contributed by atoms with van der Waals surface area (Å²) < 4.78 is 5.03. The van der Waals surface area contributed by atoms with Crippen LogP contribution in [0.3, 0.4) is 0 Å². The molecular weight excluding hydrogens is 236 g/mol. The van der Waals surface area contributed by atoms with E-state index < -0.39 is 0 Å². The number of esters is 1. The number of nitrogens with zero attached hydrogens (tertiary/aromatic N) is 1. The van der Waals surface area contributed by atoms with E-state index in [1.165, 1.54) is 11.3 Å². The van der Waals surface area contributed by atoms with E-state index in [0.717, 1.165) is 23.3 Å². The lowest BCUT2D eigenvalue weighted by molar-refractivity contribution is -0.148. The van der Waals surface area contributed by atoms with Crippen molar-refractivity contribution >= 4 is 22.3 Å². The molecule has 0 fully saturated rings. The molecule has 2 rings (SSSR count). The van der Waals surface area contributed by atoms with Crippen LogP contribution in [0.2, 0.25) is 0 Å². The molecule has 1 unspecified atom stereocenters. The van der Waals surface area contributed by atoms with Gasteiger partial charge < -0.3 is 10.5 Å². The zero-order valence-corrected chi connectivity index (χ0v) is 10.5. The summed E-state index contributed by atoms with van der Waals surface area (Å²) in [4.78, 5) is 12.7. The summed E-state index contributed by atoms with van der Waals surface area (Å²) in [6.45, 7) is 2.22. The molecule has 0 bridgehead atoms. The van der Waals surface area contributed by atoms with Crippen LogP contribution in [0.25, 0.3) is 0 Å². The highest BCUT2D eigenvalue weighted by atomic mass is 32.1. The number of nitriles is 1. The van der Waals surface area contributed by atoms with Crippen molar-refractivity contribution in [1.82, 2.24) is 0 Å². The van der Waals surface area contributed by atoms with Crippen LogP contribution in [0.4, 0.5) is 5.00 Å². The van der Waals surface area contributed by atoms with Crippen LogP contribution in [0.5, 0.6) is 0 Å². The molecule has 1 aromatic rings. The van der Waals surface area contributed by atoms with E-state index in [4.69, 9.17) is 15.7 Å². The first-order valence-electron chi connectivity index (χ1n) is 5.64. The maximum Gasteiger partial charge on any atom is 0.309 e. The Morgan fingerprint density at radius 1 is 1.71 bits per heavy atom. The minimum absolute atomic E-state index is 0.0768. The van der Waals surface area contributed by atoms with Crippen LogP contribution in [-0.4, -0.2) is 12.6 Å². The molecule has 0 spiro atoms. The summed E-state index contributed by atoms with van der Waals surface area (Å²) in [6.07, 6.45) is 2.15. The van der Waals surface area contributed by atoms with Crippen LogP contribution in [0, 0.1) is 17.2 Å². The fourth-order valence-corrected chi connectivity index (χ4v) is 3.34. The number of rotatable bonds is 2. The van der Waals surface area contributed by atoms with Crippen molar-refractivity contribution in [2.75, 3.05) is 12.3 Å². The number of nitrogen functional groups attached to an aromatic ring is 1. The Morgan fingerprint density at radius 3 is 3.12 bits per heavy atom. The zero-order valence-electron chi connectivity index (χ0n) is 9.66. The average Bonchev–Trinajstić information content (AvgIpc) is 2.63. The minimum atomic E-state index is -0.136. The van der Waals surface area contributed by atoms with Gasteiger partial charge in [-0.15, -0.1) is 11.3 Å². The number of nitrogens with two attached hydrogens (primary N) is 1. The standard InChI is InChI=1S/C12H14N2O2S/c1-2-16-12(15)7-3-4-8-9(6-13)11(14)17-10(8)5-7/h7H,2-5,14H2,1H3. The first-order valence-corrected chi connectivity index (χ1v) is 6.45. The molecule has 5 heteroatoms. The quantitative estimate of drug-likeness (QED) is 0.813. The summed E-state index contributed by atoms with van der Waals surface area (Å²) >= 11 is 1.43. The molecule has 1 heterocycles. The Hall–Kier alpha value is -1.54. The number of thiophene rings is 1. The van der Waals surface area contributed by atoms with Crippen molar-refractivity contribution in [1.29, 1.82) is 5.26 Å². The smallest absolute Gasteiger partial charge is 0.309 e. The number of carbonyl (C=O) groups is 1. The van der Waals surface area contributed by atoms with Gasteiger partial charge in [-0.1, -0.05) is 0 Å². The first-order chi connectivity index (χ1) is 8.17. The summed E-state index contributed by atoms with van der Waals surface area (Å²) in [5, 5.41) is 9.58. The van der Waals surface area contributed by atoms with Gasteiger partial charge in [0.05, 0.1) is 18.1 Å². The van der Waals surface area contributed by atoms with Gasteiger partial charge >= 0.3 is 5.97 Å². The van der Waals surface area contributed by atoms with Gasteiger partial charge in [0.15, 0.2) is 0 Å². The van der Waals surface area contributed by atoms with Gasteiger partial charge in [-0.2, -0.15) is 5.26 Å². The second-order valence-electron chi connectivity index (χ2n) is 4.05. The van der Waals surface area contributed by atoms with Crippen LogP contribution < -0.4 is 5.73 Å². The van der Waals surface area contributed by atoms with Gasteiger partial charge in [0, 0.05) is 4.88 Å². The highest BCUT2D eigenvalue weighted by Crippen LogP contribution is 2.37. The molecule has 0 aromatic carbocycles. The number of ether oxygens (including phenoxy) is 1.